The van der Waals surface area contributed by atoms with Crippen LogP contribution in [0.15, 0.2) is 0 Å². The molecule has 0 radical (unpaired) electrons. The van der Waals surface area contributed by atoms with Crippen molar-refractivity contribution in [2.75, 3.05) is 33.0 Å². The second-order valence-corrected chi connectivity index (χ2v) is 10.1. The van der Waals surface area contributed by atoms with Crippen molar-refractivity contribution in [3.63, 3.8) is 0 Å². The van der Waals surface area contributed by atoms with Gasteiger partial charge in [0.15, 0.2) is 0 Å². The molecule has 5 nitrogen and oxygen atoms in total. The summed E-state index contributed by atoms with van der Waals surface area (Å²) in [6.07, 6.45) is 0. The lowest BCUT2D eigenvalue weighted by Crippen LogP contribution is -2.62. The molecular formula is C10H26O5Si2. The van der Waals surface area contributed by atoms with Gasteiger partial charge in [0.25, 0.3) is 0 Å². The molecule has 0 aliphatic carbocycles. The van der Waals surface area contributed by atoms with Crippen LogP contribution < -0.4 is 0 Å². The Morgan fingerprint density at radius 1 is 0.647 bits per heavy atom. The van der Waals surface area contributed by atoms with Gasteiger partial charge < -0.3 is 22.1 Å². The molecule has 7 heteroatoms. The Bertz CT molecular complexity index is 159. The molecule has 0 unspecified atom stereocenters. The summed E-state index contributed by atoms with van der Waals surface area (Å²) in [7, 11) is -4.84. The largest absolute Gasteiger partial charge is 0.535 e. The highest BCUT2D eigenvalue weighted by molar-refractivity contribution is 7.19. The Hall–Kier alpha value is 0.234. The zero-order valence-corrected chi connectivity index (χ0v) is 13.8. The predicted molar refractivity (Wildman–Crippen MR) is 71.0 cm³/mol. The van der Waals surface area contributed by atoms with Crippen LogP contribution in [-0.4, -0.2) is 50.2 Å². The highest BCUT2D eigenvalue weighted by Gasteiger charge is 2.54. The molecule has 0 spiro atoms. The average Bonchev–Trinajstić information content (AvgIpc) is 2.29. The van der Waals surface area contributed by atoms with Gasteiger partial charge in [-0.1, -0.05) is 0 Å². The van der Waals surface area contributed by atoms with E-state index in [-0.39, 0.29) is 0 Å². The first-order valence-corrected chi connectivity index (χ1v) is 10.8. The molecule has 104 valence electrons. The van der Waals surface area contributed by atoms with Gasteiger partial charge in [-0.05, 0) is 34.6 Å². The van der Waals surface area contributed by atoms with Crippen molar-refractivity contribution in [2.45, 2.75) is 34.6 Å². The van der Waals surface area contributed by atoms with E-state index in [1.54, 1.807) is 0 Å². The standard InChI is InChI=1S/C10H26O5Si2/c1-6-11-16(12-7-2)17(13-8-3,14-9-4)15-10-5/h16H,6-10H2,1-5H3. The fourth-order valence-corrected chi connectivity index (χ4v) is 9.41. The van der Waals surface area contributed by atoms with E-state index in [1.165, 1.54) is 0 Å². The first kappa shape index (κ1) is 17.2. The van der Waals surface area contributed by atoms with Gasteiger partial charge in [0.1, 0.15) is 0 Å². The lowest BCUT2D eigenvalue weighted by Gasteiger charge is -2.32. The van der Waals surface area contributed by atoms with Crippen LogP contribution in [-0.2, 0) is 22.1 Å². The monoisotopic (exact) mass is 282 g/mol. The first-order chi connectivity index (χ1) is 8.20. The molecule has 0 aromatic heterocycles. The fraction of sp³-hybridized carbons (Fsp3) is 1.00. The molecule has 0 N–H and O–H groups in total. The van der Waals surface area contributed by atoms with E-state index in [4.69, 9.17) is 22.1 Å². The zero-order chi connectivity index (χ0) is 13.1. The quantitative estimate of drug-likeness (QED) is 0.536. The topological polar surface area (TPSA) is 46.2 Å². The molecule has 0 saturated carbocycles. The molecule has 0 saturated heterocycles. The molecule has 0 atom stereocenters. The summed E-state index contributed by atoms with van der Waals surface area (Å²) in [5, 5.41) is 0. The molecule has 0 amide bonds. The van der Waals surface area contributed by atoms with E-state index in [9.17, 15) is 0 Å². The summed E-state index contributed by atoms with van der Waals surface area (Å²) >= 11 is 0. The van der Waals surface area contributed by atoms with E-state index in [1.807, 2.05) is 34.6 Å². The minimum Gasteiger partial charge on any atom is -0.394 e. The second-order valence-electron chi connectivity index (χ2n) is 3.15. The SMILES string of the molecule is CCO[SiH](OCC)[Si](OCC)(OCC)OCC. The lowest BCUT2D eigenvalue weighted by molar-refractivity contribution is 0.0719. The van der Waals surface area contributed by atoms with Gasteiger partial charge in [0, 0.05) is 33.0 Å². The Morgan fingerprint density at radius 2 is 1.00 bits per heavy atom. The van der Waals surface area contributed by atoms with E-state index in [0.29, 0.717) is 33.0 Å². The third kappa shape index (κ3) is 5.60. The summed E-state index contributed by atoms with van der Waals surface area (Å²) in [6, 6.07) is 0. The van der Waals surface area contributed by atoms with Gasteiger partial charge in [0.05, 0.1) is 0 Å². The summed E-state index contributed by atoms with van der Waals surface area (Å²) in [4.78, 5) is 0. The summed E-state index contributed by atoms with van der Waals surface area (Å²) < 4.78 is 28.8. The smallest absolute Gasteiger partial charge is 0.394 e. The highest BCUT2D eigenvalue weighted by atomic mass is 29.3. The van der Waals surface area contributed by atoms with E-state index in [0.717, 1.165) is 0 Å². The molecule has 17 heavy (non-hydrogen) atoms. The van der Waals surface area contributed by atoms with E-state index < -0.39 is 17.1 Å². The Morgan fingerprint density at radius 3 is 1.24 bits per heavy atom. The average molecular weight is 282 g/mol. The van der Waals surface area contributed by atoms with Crippen molar-refractivity contribution in [2.24, 2.45) is 0 Å². The molecule has 0 heterocycles. The van der Waals surface area contributed by atoms with E-state index in [2.05, 4.69) is 0 Å². The van der Waals surface area contributed by atoms with E-state index >= 15 is 0 Å². The maximum absolute atomic E-state index is 5.78. The molecule has 0 bridgehead atoms. The normalized spacial score (nSPS) is 12.4. The van der Waals surface area contributed by atoms with Gasteiger partial charge in [-0.2, -0.15) is 0 Å². The Kier molecular flexibility index (Phi) is 10.3. The maximum Gasteiger partial charge on any atom is 0.535 e. The number of hydrogen-bond acceptors (Lipinski definition) is 5. The van der Waals surface area contributed by atoms with Crippen LogP contribution in [0.5, 0.6) is 0 Å². The lowest BCUT2D eigenvalue weighted by atomic mass is 10.9. The van der Waals surface area contributed by atoms with Crippen molar-refractivity contribution in [1.82, 2.24) is 0 Å². The maximum atomic E-state index is 5.78. The Labute approximate surface area is 107 Å². The highest BCUT2D eigenvalue weighted by Crippen LogP contribution is 2.16. The van der Waals surface area contributed by atoms with Gasteiger partial charge >= 0.3 is 17.1 Å². The molecule has 0 aliphatic rings. The van der Waals surface area contributed by atoms with Crippen LogP contribution in [0.2, 0.25) is 0 Å². The van der Waals surface area contributed by atoms with Crippen LogP contribution in [0, 0.1) is 0 Å². The van der Waals surface area contributed by atoms with Crippen molar-refractivity contribution in [3.8, 4) is 0 Å². The summed E-state index contributed by atoms with van der Waals surface area (Å²) in [5.74, 6) is 0. The Balaban J connectivity index is 4.87. The van der Waals surface area contributed by atoms with Gasteiger partial charge in [-0.3, -0.25) is 0 Å². The summed E-state index contributed by atoms with van der Waals surface area (Å²) in [5.41, 5.74) is 0. The van der Waals surface area contributed by atoms with Gasteiger partial charge in [0.2, 0.25) is 0 Å². The minimum atomic E-state index is -2.77. The van der Waals surface area contributed by atoms with Crippen LogP contribution >= 0.6 is 0 Å². The third-order valence-electron chi connectivity index (χ3n) is 1.96. The first-order valence-electron chi connectivity index (χ1n) is 6.35. The number of hydrogen-bond donors (Lipinski definition) is 0. The molecule has 0 fully saturated rings. The molecular weight excluding hydrogens is 256 g/mol. The molecule has 0 aromatic carbocycles. The molecule has 0 rings (SSSR count). The number of rotatable bonds is 11. The van der Waals surface area contributed by atoms with Gasteiger partial charge in [-0.15, -0.1) is 0 Å². The summed E-state index contributed by atoms with van der Waals surface area (Å²) in [6.45, 7) is 12.5. The third-order valence-corrected chi connectivity index (χ3v) is 10.1. The van der Waals surface area contributed by atoms with Crippen molar-refractivity contribution in [3.05, 3.63) is 0 Å². The minimum absolute atomic E-state index is 0.551. The molecule has 0 aromatic rings. The van der Waals surface area contributed by atoms with Crippen LogP contribution in [0.4, 0.5) is 0 Å². The zero-order valence-electron chi connectivity index (χ0n) is 11.7. The van der Waals surface area contributed by atoms with Crippen LogP contribution in [0.25, 0.3) is 0 Å². The second kappa shape index (κ2) is 10.2. The van der Waals surface area contributed by atoms with Crippen LogP contribution in [0.3, 0.4) is 0 Å². The molecule has 0 aliphatic heterocycles. The van der Waals surface area contributed by atoms with Gasteiger partial charge in [-0.25, -0.2) is 0 Å². The van der Waals surface area contributed by atoms with Crippen molar-refractivity contribution < 1.29 is 22.1 Å². The van der Waals surface area contributed by atoms with Crippen LogP contribution in [0.1, 0.15) is 34.6 Å². The predicted octanol–water partition coefficient (Wildman–Crippen LogP) is 1.41. The fourth-order valence-electron chi connectivity index (χ4n) is 1.49. The van der Waals surface area contributed by atoms with Crippen molar-refractivity contribution >= 4 is 17.1 Å². The van der Waals surface area contributed by atoms with Crippen molar-refractivity contribution in [1.29, 1.82) is 0 Å².